The number of amides is 1. The molecule has 17 heavy (non-hydrogen) atoms. The Labute approximate surface area is 105 Å². The number of primary amides is 1. The number of carbonyl (C=O) groups excluding carboxylic acids is 1. The highest BCUT2D eigenvalue weighted by atomic mass is 16.1. The van der Waals surface area contributed by atoms with Gasteiger partial charge in [-0.25, -0.2) is 0 Å². The second-order valence-corrected chi connectivity index (χ2v) is 6.88. The predicted octanol–water partition coefficient (Wildman–Crippen LogP) is 2.05. The SMILES string of the molecule is CCC(NC1C2(C)CCC(C2)C1(C)C)C(N)=O. The molecule has 0 spiro atoms. The topological polar surface area (TPSA) is 55.1 Å². The maximum Gasteiger partial charge on any atom is 0.234 e. The Kier molecular flexibility index (Phi) is 3.01. The second-order valence-electron chi connectivity index (χ2n) is 6.88. The number of nitrogens with one attached hydrogen (secondary N) is 1. The Morgan fingerprint density at radius 2 is 2.12 bits per heavy atom. The summed E-state index contributed by atoms with van der Waals surface area (Å²) in [5, 5.41) is 3.55. The van der Waals surface area contributed by atoms with Crippen LogP contribution in [-0.4, -0.2) is 18.0 Å². The predicted molar refractivity (Wildman–Crippen MR) is 69.4 cm³/mol. The van der Waals surface area contributed by atoms with Crippen molar-refractivity contribution in [2.45, 2.75) is 65.5 Å². The van der Waals surface area contributed by atoms with Crippen LogP contribution in [0.15, 0.2) is 0 Å². The molecule has 1 amide bonds. The van der Waals surface area contributed by atoms with Gasteiger partial charge in [0.2, 0.25) is 5.91 Å². The van der Waals surface area contributed by atoms with Gasteiger partial charge in [-0.05, 0) is 42.4 Å². The largest absolute Gasteiger partial charge is 0.368 e. The first-order valence-electron chi connectivity index (χ1n) is 6.86. The van der Waals surface area contributed by atoms with Crippen molar-refractivity contribution in [3.05, 3.63) is 0 Å². The number of fused-ring (bicyclic) bond motifs is 2. The summed E-state index contributed by atoms with van der Waals surface area (Å²) in [5.74, 6) is 0.588. The van der Waals surface area contributed by atoms with Gasteiger partial charge in [-0.1, -0.05) is 27.7 Å². The lowest BCUT2D eigenvalue weighted by Gasteiger charge is -2.44. The fraction of sp³-hybridized carbons (Fsp3) is 0.929. The molecule has 3 nitrogen and oxygen atoms in total. The summed E-state index contributed by atoms with van der Waals surface area (Å²) in [6, 6.07) is 0.252. The Morgan fingerprint density at radius 1 is 1.47 bits per heavy atom. The van der Waals surface area contributed by atoms with Crippen molar-refractivity contribution in [2.24, 2.45) is 22.5 Å². The van der Waals surface area contributed by atoms with E-state index >= 15 is 0 Å². The van der Waals surface area contributed by atoms with Crippen molar-refractivity contribution in [3.8, 4) is 0 Å². The zero-order valence-corrected chi connectivity index (χ0v) is 11.5. The fourth-order valence-electron chi connectivity index (χ4n) is 4.32. The van der Waals surface area contributed by atoms with Gasteiger partial charge in [0.1, 0.15) is 0 Å². The van der Waals surface area contributed by atoms with E-state index in [1.165, 1.54) is 19.3 Å². The van der Waals surface area contributed by atoms with Crippen LogP contribution in [0.3, 0.4) is 0 Å². The van der Waals surface area contributed by atoms with Crippen LogP contribution in [0.5, 0.6) is 0 Å². The van der Waals surface area contributed by atoms with E-state index in [0.717, 1.165) is 12.3 Å². The maximum absolute atomic E-state index is 11.4. The molecule has 2 fully saturated rings. The molecule has 4 unspecified atom stereocenters. The first-order valence-corrected chi connectivity index (χ1v) is 6.86. The highest BCUT2D eigenvalue weighted by Gasteiger charge is 2.59. The summed E-state index contributed by atoms with van der Waals surface area (Å²) in [7, 11) is 0. The summed E-state index contributed by atoms with van der Waals surface area (Å²) >= 11 is 0. The molecule has 0 aromatic carbocycles. The molecule has 0 aromatic heterocycles. The van der Waals surface area contributed by atoms with Gasteiger partial charge in [0.05, 0.1) is 6.04 Å². The number of carbonyl (C=O) groups is 1. The van der Waals surface area contributed by atoms with Crippen molar-refractivity contribution in [3.63, 3.8) is 0 Å². The van der Waals surface area contributed by atoms with E-state index in [0.29, 0.717) is 11.5 Å². The normalized spacial score (nSPS) is 40.5. The first-order chi connectivity index (χ1) is 7.81. The molecule has 98 valence electrons. The Hall–Kier alpha value is -0.570. The lowest BCUT2D eigenvalue weighted by Crippen LogP contribution is -2.56. The molecule has 0 radical (unpaired) electrons. The van der Waals surface area contributed by atoms with Crippen LogP contribution in [0.2, 0.25) is 0 Å². The van der Waals surface area contributed by atoms with Gasteiger partial charge in [0.15, 0.2) is 0 Å². The van der Waals surface area contributed by atoms with E-state index < -0.39 is 0 Å². The summed E-state index contributed by atoms with van der Waals surface area (Å²) in [5.41, 5.74) is 6.10. The van der Waals surface area contributed by atoms with Gasteiger partial charge in [-0.3, -0.25) is 4.79 Å². The van der Waals surface area contributed by atoms with E-state index in [-0.39, 0.29) is 17.4 Å². The monoisotopic (exact) mass is 238 g/mol. The van der Waals surface area contributed by atoms with Crippen molar-refractivity contribution >= 4 is 5.91 Å². The minimum Gasteiger partial charge on any atom is -0.368 e. The van der Waals surface area contributed by atoms with Crippen LogP contribution in [-0.2, 0) is 4.79 Å². The number of hydrogen-bond acceptors (Lipinski definition) is 2. The van der Waals surface area contributed by atoms with Crippen LogP contribution >= 0.6 is 0 Å². The maximum atomic E-state index is 11.4. The van der Waals surface area contributed by atoms with Crippen molar-refractivity contribution in [1.29, 1.82) is 0 Å². The van der Waals surface area contributed by atoms with Gasteiger partial charge in [0.25, 0.3) is 0 Å². The molecule has 0 saturated heterocycles. The molecule has 0 heterocycles. The van der Waals surface area contributed by atoms with Crippen LogP contribution in [0, 0.1) is 16.7 Å². The molecule has 0 aromatic rings. The summed E-state index contributed by atoms with van der Waals surface area (Å²) in [4.78, 5) is 11.4. The zero-order valence-electron chi connectivity index (χ0n) is 11.5. The average Bonchev–Trinajstić information content (AvgIpc) is 2.68. The second kappa shape index (κ2) is 3.98. The van der Waals surface area contributed by atoms with Crippen molar-refractivity contribution in [1.82, 2.24) is 5.32 Å². The van der Waals surface area contributed by atoms with Crippen LogP contribution in [0.1, 0.15) is 53.4 Å². The lowest BCUT2D eigenvalue weighted by molar-refractivity contribution is -0.120. The van der Waals surface area contributed by atoms with Crippen LogP contribution in [0.25, 0.3) is 0 Å². The highest BCUT2D eigenvalue weighted by molar-refractivity contribution is 5.79. The van der Waals surface area contributed by atoms with Gasteiger partial charge in [-0.2, -0.15) is 0 Å². The molecule has 3 N–H and O–H groups in total. The minimum atomic E-state index is -0.213. The van der Waals surface area contributed by atoms with Gasteiger partial charge < -0.3 is 11.1 Å². The summed E-state index contributed by atoms with van der Waals surface area (Å²) in [6.45, 7) is 9.07. The molecular formula is C14H26N2O. The molecule has 4 atom stereocenters. The summed E-state index contributed by atoms with van der Waals surface area (Å²) < 4.78 is 0. The minimum absolute atomic E-state index is 0.171. The van der Waals surface area contributed by atoms with E-state index in [1.807, 2.05) is 6.92 Å². The molecule has 0 aliphatic heterocycles. The third kappa shape index (κ3) is 1.88. The number of nitrogens with two attached hydrogens (primary N) is 1. The quantitative estimate of drug-likeness (QED) is 0.787. The zero-order chi connectivity index (χ0) is 12.8. The molecule has 2 saturated carbocycles. The Bertz CT molecular complexity index is 321. The molecule has 2 aliphatic rings. The Morgan fingerprint density at radius 3 is 2.53 bits per heavy atom. The number of hydrogen-bond donors (Lipinski definition) is 2. The smallest absolute Gasteiger partial charge is 0.234 e. The van der Waals surface area contributed by atoms with Crippen LogP contribution < -0.4 is 11.1 Å². The molecule has 2 bridgehead atoms. The Balaban J connectivity index is 2.17. The van der Waals surface area contributed by atoms with Crippen molar-refractivity contribution in [2.75, 3.05) is 0 Å². The van der Waals surface area contributed by atoms with E-state index in [4.69, 9.17) is 5.73 Å². The highest BCUT2D eigenvalue weighted by Crippen LogP contribution is 2.62. The molecular weight excluding hydrogens is 212 g/mol. The van der Waals surface area contributed by atoms with Gasteiger partial charge >= 0.3 is 0 Å². The fourth-order valence-corrected chi connectivity index (χ4v) is 4.32. The third-order valence-corrected chi connectivity index (χ3v) is 5.39. The first kappa shape index (κ1) is 12.9. The standard InChI is InChI=1S/C14H26N2O/c1-5-10(11(15)17)16-12-13(2,3)9-6-7-14(12,4)8-9/h9-10,12,16H,5-8H2,1-4H3,(H2,15,17). The van der Waals surface area contributed by atoms with E-state index in [9.17, 15) is 4.79 Å². The molecule has 3 heteroatoms. The lowest BCUT2D eigenvalue weighted by atomic mass is 9.68. The van der Waals surface area contributed by atoms with E-state index in [1.54, 1.807) is 0 Å². The summed E-state index contributed by atoms with van der Waals surface area (Å²) in [6.07, 6.45) is 4.71. The van der Waals surface area contributed by atoms with E-state index in [2.05, 4.69) is 26.1 Å². The average molecular weight is 238 g/mol. The van der Waals surface area contributed by atoms with Gasteiger partial charge in [0, 0.05) is 6.04 Å². The third-order valence-electron chi connectivity index (χ3n) is 5.39. The molecule has 2 aliphatic carbocycles. The van der Waals surface area contributed by atoms with Crippen LogP contribution in [0.4, 0.5) is 0 Å². The molecule has 2 rings (SSSR count). The number of rotatable bonds is 4. The van der Waals surface area contributed by atoms with Gasteiger partial charge in [-0.15, -0.1) is 0 Å². The van der Waals surface area contributed by atoms with Crippen molar-refractivity contribution < 1.29 is 4.79 Å².